The second-order valence-corrected chi connectivity index (χ2v) is 5.82. The lowest BCUT2D eigenvalue weighted by Gasteiger charge is -2.04. The minimum atomic E-state index is -1.39. The van der Waals surface area contributed by atoms with Crippen LogP contribution in [0.4, 0.5) is 11.4 Å². The van der Waals surface area contributed by atoms with Crippen molar-refractivity contribution in [2.45, 2.75) is 19.4 Å². The van der Waals surface area contributed by atoms with E-state index in [4.69, 9.17) is 20.4 Å². The normalized spacial score (nSPS) is 9.93. The number of nitro groups is 2. The predicted molar refractivity (Wildman–Crippen MR) is 101 cm³/mol. The number of benzene rings is 2. The molecule has 0 aliphatic rings. The number of aliphatic hydroxyl groups is 2. The number of rotatable bonds is 8. The molecule has 12 heteroatoms. The molecule has 0 atom stereocenters. The Morgan fingerprint density at radius 2 is 1.37 bits per heavy atom. The molecule has 4 N–H and O–H groups in total. The third-order valence-corrected chi connectivity index (χ3v) is 3.83. The van der Waals surface area contributed by atoms with E-state index in [9.17, 15) is 29.8 Å². The maximum Gasteiger partial charge on any atom is 0.336 e. The van der Waals surface area contributed by atoms with Gasteiger partial charge in [-0.1, -0.05) is 12.1 Å². The fourth-order valence-electron chi connectivity index (χ4n) is 2.43. The third-order valence-electron chi connectivity index (χ3n) is 3.83. The molecule has 0 bridgehead atoms. The maximum absolute atomic E-state index is 10.8. The minimum Gasteiger partial charge on any atom is -0.481 e. The van der Waals surface area contributed by atoms with Crippen molar-refractivity contribution in [2.75, 3.05) is 6.61 Å². The summed E-state index contributed by atoms with van der Waals surface area (Å²) in [6.07, 6.45) is -0.0898. The van der Waals surface area contributed by atoms with E-state index < -0.39 is 28.2 Å². The highest BCUT2D eigenvalue weighted by atomic mass is 16.6. The first-order valence-corrected chi connectivity index (χ1v) is 8.31. The zero-order valence-corrected chi connectivity index (χ0v) is 15.4. The van der Waals surface area contributed by atoms with Crippen molar-refractivity contribution >= 4 is 23.3 Å². The van der Waals surface area contributed by atoms with Gasteiger partial charge in [0.1, 0.15) is 0 Å². The average molecular weight is 422 g/mol. The number of hydrogen-bond acceptors (Lipinski definition) is 8. The van der Waals surface area contributed by atoms with Gasteiger partial charge in [0.2, 0.25) is 0 Å². The summed E-state index contributed by atoms with van der Waals surface area (Å²) in [5.41, 5.74) is 0.471. The molecule has 0 amide bonds. The summed E-state index contributed by atoms with van der Waals surface area (Å²) in [6, 6.07) is 7.30. The van der Waals surface area contributed by atoms with Gasteiger partial charge in [-0.15, -0.1) is 0 Å². The second kappa shape index (κ2) is 11.2. The van der Waals surface area contributed by atoms with E-state index in [0.717, 1.165) is 23.8 Å². The van der Waals surface area contributed by atoms with Gasteiger partial charge in [0.15, 0.2) is 0 Å². The second-order valence-electron chi connectivity index (χ2n) is 5.82. The van der Waals surface area contributed by atoms with Crippen molar-refractivity contribution in [3.05, 3.63) is 78.9 Å². The number of non-ortho nitro benzene ring substituents is 2. The lowest BCUT2D eigenvalue weighted by molar-refractivity contribution is -0.385. The Kier molecular flexibility index (Phi) is 9.00. The van der Waals surface area contributed by atoms with Gasteiger partial charge in [0.25, 0.3) is 11.4 Å². The van der Waals surface area contributed by atoms with E-state index in [1.54, 1.807) is 6.07 Å². The number of aliphatic carboxylic acids is 1. The van der Waals surface area contributed by atoms with Crippen molar-refractivity contribution in [2.24, 2.45) is 0 Å². The van der Waals surface area contributed by atoms with Gasteiger partial charge in [-0.2, -0.15) is 0 Å². The number of carboxylic acid groups (broad SMARTS) is 2. The Labute approximate surface area is 168 Å². The highest BCUT2D eigenvalue weighted by Gasteiger charge is 2.17. The Bertz CT molecular complexity index is 958. The lowest BCUT2D eigenvalue weighted by Crippen LogP contribution is -2.08. The molecule has 0 fully saturated rings. The van der Waals surface area contributed by atoms with Gasteiger partial charge in [0.05, 0.1) is 28.4 Å². The number of nitro benzene ring substituents is 2. The first kappa shape index (κ1) is 24.1. The molecule has 2 aromatic carbocycles. The van der Waals surface area contributed by atoms with Crippen LogP contribution in [0.2, 0.25) is 0 Å². The lowest BCUT2D eigenvalue weighted by atomic mass is 10.0. The smallest absolute Gasteiger partial charge is 0.336 e. The number of aliphatic hydroxyl groups excluding tert-OH is 2. The number of aromatic carboxylic acids is 1. The summed E-state index contributed by atoms with van der Waals surface area (Å²) in [6.45, 7) is -0.290. The van der Waals surface area contributed by atoms with Crippen LogP contribution in [0, 0.1) is 20.2 Å². The molecule has 0 saturated carbocycles. The van der Waals surface area contributed by atoms with Crippen LogP contribution >= 0.6 is 0 Å². The van der Waals surface area contributed by atoms with Crippen LogP contribution in [-0.2, 0) is 24.2 Å². The molecule has 0 aliphatic heterocycles. The van der Waals surface area contributed by atoms with Crippen LogP contribution in [0.3, 0.4) is 0 Å². The standard InChI is InChI=1S/C9H7NO6.C9H11NO4/c11-8(12)3-5-1-2-6(10(15)16)4-7(5)9(13)14;11-4-3-7-1-2-9(10(13)14)5-8(7)6-12/h1-2,4H,3H2,(H,11,12)(H,13,14);1-2,5,11-12H,3-4,6H2. The Morgan fingerprint density at radius 1 is 0.833 bits per heavy atom. The molecule has 2 rings (SSSR count). The molecule has 160 valence electrons. The van der Waals surface area contributed by atoms with Gasteiger partial charge >= 0.3 is 11.9 Å². The predicted octanol–water partition coefficient (Wildman–Crippen LogP) is 1.54. The molecule has 0 aliphatic carbocycles. The molecule has 0 radical (unpaired) electrons. The SMILES string of the molecule is O=C(O)Cc1ccc([N+](=O)[O-])cc1C(=O)O.O=[N+]([O-])c1ccc(CCO)c(CO)c1. The Morgan fingerprint density at radius 3 is 1.80 bits per heavy atom. The van der Waals surface area contributed by atoms with Gasteiger partial charge in [-0.05, 0) is 23.1 Å². The van der Waals surface area contributed by atoms with Crippen molar-refractivity contribution in [1.82, 2.24) is 0 Å². The first-order chi connectivity index (χ1) is 14.1. The van der Waals surface area contributed by atoms with Gasteiger partial charge < -0.3 is 20.4 Å². The van der Waals surface area contributed by atoms with E-state index in [-0.39, 0.29) is 35.7 Å². The molecular weight excluding hydrogens is 404 g/mol. The highest BCUT2D eigenvalue weighted by molar-refractivity contribution is 5.91. The molecule has 0 unspecified atom stereocenters. The molecule has 2 aromatic rings. The van der Waals surface area contributed by atoms with Gasteiger partial charge in [0, 0.05) is 30.9 Å². The number of hydrogen-bond donors (Lipinski definition) is 4. The van der Waals surface area contributed by atoms with E-state index in [1.165, 1.54) is 12.1 Å². The summed E-state index contributed by atoms with van der Waals surface area (Å²) < 4.78 is 0. The van der Waals surface area contributed by atoms with Crippen LogP contribution in [0.5, 0.6) is 0 Å². The van der Waals surface area contributed by atoms with E-state index in [1.807, 2.05) is 0 Å². The van der Waals surface area contributed by atoms with Crippen molar-refractivity contribution < 1.29 is 39.9 Å². The van der Waals surface area contributed by atoms with Crippen LogP contribution in [-0.4, -0.2) is 48.8 Å². The van der Waals surface area contributed by atoms with Crippen LogP contribution in [0.25, 0.3) is 0 Å². The molecule has 12 nitrogen and oxygen atoms in total. The largest absolute Gasteiger partial charge is 0.481 e. The van der Waals surface area contributed by atoms with E-state index in [0.29, 0.717) is 12.0 Å². The van der Waals surface area contributed by atoms with Crippen molar-refractivity contribution in [3.63, 3.8) is 0 Å². The molecule has 0 spiro atoms. The quantitative estimate of drug-likeness (QED) is 0.357. The third kappa shape index (κ3) is 6.92. The highest BCUT2D eigenvalue weighted by Crippen LogP contribution is 2.19. The van der Waals surface area contributed by atoms with Crippen LogP contribution in [0.1, 0.15) is 27.0 Å². The zero-order valence-electron chi connectivity index (χ0n) is 15.4. The Balaban J connectivity index is 0.000000303. The van der Waals surface area contributed by atoms with Crippen LogP contribution in [0.15, 0.2) is 36.4 Å². The van der Waals surface area contributed by atoms with Gasteiger partial charge in [-0.25, -0.2) is 4.79 Å². The minimum absolute atomic E-state index is 0.0330. The number of nitrogens with zero attached hydrogens (tertiary/aromatic N) is 2. The van der Waals surface area contributed by atoms with E-state index in [2.05, 4.69) is 0 Å². The van der Waals surface area contributed by atoms with Crippen LogP contribution < -0.4 is 0 Å². The van der Waals surface area contributed by atoms with Crippen molar-refractivity contribution in [3.8, 4) is 0 Å². The zero-order chi connectivity index (χ0) is 22.8. The summed E-state index contributed by atoms with van der Waals surface area (Å²) in [5, 5.41) is 55.8. The molecular formula is C18H18N2O10. The topological polar surface area (TPSA) is 201 Å². The summed E-state index contributed by atoms with van der Waals surface area (Å²) >= 11 is 0. The molecule has 0 aromatic heterocycles. The molecule has 0 heterocycles. The van der Waals surface area contributed by atoms with E-state index >= 15 is 0 Å². The fraction of sp³-hybridized carbons (Fsp3) is 0.222. The average Bonchev–Trinajstić information content (AvgIpc) is 2.68. The maximum atomic E-state index is 10.8. The monoisotopic (exact) mass is 422 g/mol. The Hall–Kier alpha value is -3.90. The molecule has 0 saturated heterocycles. The summed E-state index contributed by atoms with van der Waals surface area (Å²) in [4.78, 5) is 40.8. The number of carboxylic acids is 2. The number of carbonyl (C=O) groups is 2. The van der Waals surface area contributed by atoms with Gasteiger partial charge in [-0.3, -0.25) is 25.0 Å². The summed E-state index contributed by atoms with van der Waals surface area (Å²) in [7, 11) is 0. The first-order valence-electron chi connectivity index (χ1n) is 8.31. The van der Waals surface area contributed by atoms with Crippen molar-refractivity contribution in [1.29, 1.82) is 0 Å². The summed E-state index contributed by atoms with van der Waals surface area (Å²) in [5.74, 6) is -2.59. The fourth-order valence-corrected chi connectivity index (χ4v) is 2.43. The molecule has 30 heavy (non-hydrogen) atoms.